The number of carbonyl (C=O) groups excluding carboxylic acids is 1. The van der Waals surface area contributed by atoms with Crippen LogP contribution in [0.25, 0.3) is 11.7 Å². The van der Waals surface area contributed by atoms with E-state index in [-0.39, 0.29) is 11.2 Å². The average molecular weight is 347 g/mol. The smallest absolute Gasteiger partial charge is 0.263 e. The minimum Gasteiger partial charge on any atom is -0.459 e. The number of hydrogen-bond donors (Lipinski definition) is 1. The number of anilines is 1. The summed E-state index contributed by atoms with van der Waals surface area (Å²) in [4.78, 5) is 16.6. The van der Waals surface area contributed by atoms with Crippen LogP contribution in [0.2, 0.25) is 0 Å². The zero-order chi connectivity index (χ0) is 17.1. The van der Waals surface area contributed by atoms with Crippen molar-refractivity contribution in [2.24, 2.45) is 0 Å². The summed E-state index contributed by atoms with van der Waals surface area (Å²) < 4.78 is 15.9. The van der Waals surface area contributed by atoms with Gasteiger partial charge in [0, 0.05) is 11.8 Å². The Morgan fingerprint density at radius 2 is 2.25 bits per heavy atom. The maximum absolute atomic E-state index is 12.1. The monoisotopic (exact) mass is 347 g/mol. The molecule has 3 aromatic rings. The van der Waals surface area contributed by atoms with E-state index >= 15 is 0 Å². The molecule has 0 saturated heterocycles. The molecular formula is C16H17N3O4S. The van der Waals surface area contributed by atoms with Gasteiger partial charge >= 0.3 is 0 Å². The van der Waals surface area contributed by atoms with E-state index in [1.54, 1.807) is 31.4 Å². The van der Waals surface area contributed by atoms with Gasteiger partial charge in [-0.05, 0) is 32.9 Å². The topological polar surface area (TPSA) is 94.3 Å². The molecule has 126 valence electrons. The molecule has 1 atom stereocenters. The van der Waals surface area contributed by atoms with Gasteiger partial charge in [-0.2, -0.15) is 0 Å². The lowest BCUT2D eigenvalue weighted by molar-refractivity contribution is -0.115. The van der Waals surface area contributed by atoms with Crippen LogP contribution in [-0.2, 0) is 10.5 Å². The molecule has 0 aromatic carbocycles. The van der Waals surface area contributed by atoms with Gasteiger partial charge in [0.25, 0.3) is 5.89 Å². The van der Waals surface area contributed by atoms with Crippen LogP contribution >= 0.6 is 11.8 Å². The number of oxazole rings is 1. The third-order valence-electron chi connectivity index (χ3n) is 3.34. The number of amides is 1. The third kappa shape index (κ3) is 3.70. The first kappa shape index (κ1) is 16.4. The van der Waals surface area contributed by atoms with E-state index in [0.717, 1.165) is 5.69 Å². The Morgan fingerprint density at radius 3 is 2.92 bits per heavy atom. The number of aryl methyl sites for hydroxylation is 2. The first-order chi connectivity index (χ1) is 11.5. The Bertz CT molecular complexity index is 822. The highest BCUT2D eigenvalue weighted by atomic mass is 32.2. The van der Waals surface area contributed by atoms with Gasteiger partial charge in [-0.3, -0.25) is 10.1 Å². The summed E-state index contributed by atoms with van der Waals surface area (Å²) in [5.41, 5.74) is 1.51. The Balaban J connectivity index is 1.58. The average Bonchev–Trinajstić information content (AvgIpc) is 3.26. The van der Waals surface area contributed by atoms with Gasteiger partial charge in [0.1, 0.15) is 5.76 Å². The minimum absolute atomic E-state index is 0.149. The van der Waals surface area contributed by atoms with Crippen LogP contribution in [0, 0.1) is 13.8 Å². The van der Waals surface area contributed by atoms with Crippen molar-refractivity contribution in [1.29, 1.82) is 0 Å². The normalized spacial score (nSPS) is 12.3. The minimum atomic E-state index is -0.279. The van der Waals surface area contributed by atoms with E-state index in [0.29, 0.717) is 34.7 Å². The molecule has 24 heavy (non-hydrogen) atoms. The number of nitrogens with zero attached hydrogens (tertiary/aromatic N) is 2. The Labute approximate surface area is 142 Å². The van der Waals surface area contributed by atoms with E-state index in [2.05, 4.69) is 15.5 Å². The molecule has 0 fully saturated rings. The van der Waals surface area contributed by atoms with E-state index < -0.39 is 0 Å². The van der Waals surface area contributed by atoms with Crippen molar-refractivity contribution < 1.29 is 18.2 Å². The van der Waals surface area contributed by atoms with Gasteiger partial charge in [-0.15, -0.1) is 11.8 Å². The van der Waals surface area contributed by atoms with Gasteiger partial charge in [0.05, 0.1) is 22.9 Å². The molecule has 7 nitrogen and oxygen atoms in total. The fourth-order valence-electron chi connectivity index (χ4n) is 1.99. The van der Waals surface area contributed by atoms with E-state index in [4.69, 9.17) is 13.4 Å². The van der Waals surface area contributed by atoms with E-state index in [1.807, 2.05) is 13.8 Å². The lowest BCUT2D eigenvalue weighted by Crippen LogP contribution is -2.22. The van der Waals surface area contributed by atoms with Gasteiger partial charge in [0.15, 0.2) is 5.76 Å². The van der Waals surface area contributed by atoms with Crippen LogP contribution in [0.15, 0.2) is 37.8 Å². The number of furan rings is 1. The standard InChI is InChI=1S/C16H17N3O4S/c1-9-7-14(23-19-9)18-15(20)11(3)24-8-12-10(2)22-16(17-12)13-5-4-6-21-13/h4-7,11H,8H2,1-3H3,(H,18,20). The summed E-state index contributed by atoms with van der Waals surface area (Å²) in [7, 11) is 0. The molecule has 1 unspecified atom stereocenters. The number of aromatic nitrogens is 2. The predicted octanol–water partition coefficient (Wildman–Crippen LogP) is 3.80. The van der Waals surface area contributed by atoms with Crippen molar-refractivity contribution in [3.8, 4) is 11.7 Å². The van der Waals surface area contributed by atoms with Crippen molar-refractivity contribution in [3.63, 3.8) is 0 Å². The van der Waals surface area contributed by atoms with Crippen LogP contribution in [0.4, 0.5) is 5.88 Å². The van der Waals surface area contributed by atoms with Crippen LogP contribution < -0.4 is 5.32 Å². The van der Waals surface area contributed by atoms with Crippen LogP contribution in [-0.4, -0.2) is 21.3 Å². The lowest BCUT2D eigenvalue weighted by Gasteiger charge is -2.09. The van der Waals surface area contributed by atoms with Gasteiger partial charge in [-0.1, -0.05) is 5.16 Å². The number of thioether (sulfide) groups is 1. The quantitative estimate of drug-likeness (QED) is 0.724. The van der Waals surface area contributed by atoms with Crippen molar-refractivity contribution in [3.05, 3.63) is 41.6 Å². The van der Waals surface area contributed by atoms with Gasteiger partial charge in [0.2, 0.25) is 11.8 Å². The maximum Gasteiger partial charge on any atom is 0.263 e. The number of carbonyl (C=O) groups is 1. The van der Waals surface area contributed by atoms with Gasteiger partial charge < -0.3 is 13.4 Å². The maximum atomic E-state index is 12.1. The molecule has 0 radical (unpaired) electrons. The zero-order valence-electron chi connectivity index (χ0n) is 13.5. The molecule has 0 saturated carbocycles. The molecule has 1 N–H and O–H groups in total. The largest absolute Gasteiger partial charge is 0.459 e. The summed E-state index contributed by atoms with van der Waals surface area (Å²) >= 11 is 1.46. The summed E-state index contributed by atoms with van der Waals surface area (Å²) in [6.45, 7) is 5.46. The highest BCUT2D eigenvalue weighted by molar-refractivity contribution is 7.99. The van der Waals surface area contributed by atoms with Crippen molar-refractivity contribution in [1.82, 2.24) is 10.1 Å². The van der Waals surface area contributed by atoms with Crippen molar-refractivity contribution in [2.45, 2.75) is 31.8 Å². The Morgan fingerprint density at radius 1 is 1.42 bits per heavy atom. The van der Waals surface area contributed by atoms with Crippen LogP contribution in [0.1, 0.15) is 24.1 Å². The highest BCUT2D eigenvalue weighted by Gasteiger charge is 2.18. The number of nitrogens with one attached hydrogen (secondary N) is 1. The molecule has 0 bridgehead atoms. The van der Waals surface area contributed by atoms with E-state index in [1.165, 1.54) is 11.8 Å². The van der Waals surface area contributed by atoms with Crippen molar-refractivity contribution in [2.75, 3.05) is 5.32 Å². The molecular weight excluding hydrogens is 330 g/mol. The summed E-state index contributed by atoms with van der Waals surface area (Å²) in [6, 6.07) is 5.24. The molecule has 0 aliphatic rings. The Hall–Kier alpha value is -2.48. The van der Waals surface area contributed by atoms with Crippen LogP contribution in [0.3, 0.4) is 0 Å². The Kier molecular flexibility index (Phi) is 4.75. The summed E-state index contributed by atoms with van der Waals surface area (Å²) in [5, 5.41) is 6.15. The third-order valence-corrected chi connectivity index (χ3v) is 4.49. The lowest BCUT2D eigenvalue weighted by atomic mass is 10.4. The predicted molar refractivity (Wildman–Crippen MR) is 89.6 cm³/mol. The molecule has 0 aliphatic carbocycles. The van der Waals surface area contributed by atoms with Crippen LogP contribution in [0.5, 0.6) is 0 Å². The van der Waals surface area contributed by atoms with E-state index in [9.17, 15) is 4.79 Å². The fourth-order valence-corrected chi connectivity index (χ4v) is 2.88. The molecule has 3 rings (SSSR count). The second kappa shape index (κ2) is 6.96. The molecule has 3 aromatic heterocycles. The number of rotatable bonds is 6. The highest BCUT2D eigenvalue weighted by Crippen LogP contribution is 2.26. The zero-order valence-corrected chi connectivity index (χ0v) is 14.3. The first-order valence-corrected chi connectivity index (χ1v) is 8.44. The molecule has 8 heteroatoms. The second-order valence-electron chi connectivity index (χ2n) is 5.27. The van der Waals surface area contributed by atoms with Gasteiger partial charge in [-0.25, -0.2) is 4.98 Å². The molecule has 0 aliphatic heterocycles. The number of hydrogen-bond acceptors (Lipinski definition) is 7. The second-order valence-corrected chi connectivity index (χ2v) is 6.60. The summed E-state index contributed by atoms with van der Waals surface area (Å²) in [5.74, 6) is 2.50. The molecule has 0 spiro atoms. The van der Waals surface area contributed by atoms with Crippen molar-refractivity contribution >= 4 is 23.6 Å². The fraction of sp³-hybridized carbons (Fsp3) is 0.312. The molecule has 3 heterocycles. The first-order valence-electron chi connectivity index (χ1n) is 7.39. The summed E-state index contributed by atoms with van der Waals surface area (Å²) in [6.07, 6.45) is 1.57. The SMILES string of the molecule is Cc1cc(NC(=O)C(C)SCc2nc(-c3ccco3)oc2C)on1. The molecule has 1 amide bonds.